The van der Waals surface area contributed by atoms with Gasteiger partial charge in [0.1, 0.15) is 10.6 Å². The number of anilines is 1. The van der Waals surface area contributed by atoms with Gasteiger partial charge in [-0.2, -0.15) is 0 Å². The van der Waals surface area contributed by atoms with E-state index in [4.69, 9.17) is 4.74 Å². The van der Waals surface area contributed by atoms with Crippen molar-refractivity contribution in [3.8, 4) is 5.75 Å². The number of sulfonamides is 1. The van der Waals surface area contributed by atoms with Crippen LogP contribution in [0.1, 0.15) is 20.7 Å². The average Bonchev–Trinajstić information content (AvgIpc) is 2.97. The van der Waals surface area contributed by atoms with Gasteiger partial charge in [-0.1, -0.05) is 24.3 Å². The molecule has 5 rings (SSSR count). The second-order valence-electron chi connectivity index (χ2n) is 9.04. The second kappa shape index (κ2) is 10.9. The standard InChI is InChI=1S/C28H24F2N4O5S/c1-39-23-17-19(10-11-22(23)32-40(37,38)24-9-2-5-18-6-4-12-31-26(18)24)27(35)33-13-15-34(16-14-33)28(36)20-7-3-8-21(29)25(20)30/h2-12,17,32H,13-16H2,1H3. The van der Waals surface area contributed by atoms with Crippen molar-refractivity contribution in [2.45, 2.75) is 4.90 Å². The third kappa shape index (κ3) is 5.17. The molecule has 0 bridgehead atoms. The van der Waals surface area contributed by atoms with Gasteiger partial charge >= 0.3 is 0 Å². The summed E-state index contributed by atoms with van der Waals surface area (Å²) in [6, 6.07) is 16.1. The Kier molecular flexibility index (Phi) is 7.35. The topological polar surface area (TPSA) is 109 Å². The smallest absolute Gasteiger partial charge is 0.264 e. The van der Waals surface area contributed by atoms with Gasteiger partial charge in [0, 0.05) is 43.3 Å². The number of hydrogen-bond acceptors (Lipinski definition) is 6. The van der Waals surface area contributed by atoms with Crippen LogP contribution >= 0.6 is 0 Å². The van der Waals surface area contributed by atoms with Crippen molar-refractivity contribution in [3.63, 3.8) is 0 Å². The number of piperazine rings is 1. The Hall–Kier alpha value is -4.58. The Morgan fingerprint density at radius 2 is 1.57 bits per heavy atom. The number of carbonyl (C=O) groups excluding carboxylic acids is 2. The zero-order valence-electron chi connectivity index (χ0n) is 21.3. The van der Waals surface area contributed by atoms with Crippen LogP contribution in [0, 0.1) is 11.6 Å². The maximum absolute atomic E-state index is 14.1. The number of hydrogen-bond donors (Lipinski definition) is 1. The van der Waals surface area contributed by atoms with Gasteiger partial charge in [-0.25, -0.2) is 17.2 Å². The Balaban J connectivity index is 1.30. The van der Waals surface area contributed by atoms with Crippen LogP contribution in [-0.4, -0.2) is 68.3 Å². The molecule has 0 aliphatic carbocycles. The molecule has 0 saturated carbocycles. The number of benzene rings is 3. The molecule has 1 saturated heterocycles. The molecular weight excluding hydrogens is 542 g/mol. The summed E-state index contributed by atoms with van der Waals surface area (Å²) >= 11 is 0. The van der Waals surface area contributed by atoms with Gasteiger partial charge in [0.2, 0.25) is 0 Å². The van der Waals surface area contributed by atoms with Crippen LogP contribution in [0.4, 0.5) is 14.5 Å². The predicted octanol–water partition coefficient (Wildman–Crippen LogP) is 3.92. The third-order valence-electron chi connectivity index (χ3n) is 6.61. The maximum Gasteiger partial charge on any atom is 0.264 e. The van der Waals surface area contributed by atoms with E-state index in [9.17, 15) is 26.8 Å². The summed E-state index contributed by atoms with van der Waals surface area (Å²) in [5.41, 5.74) is 0.352. The molecule has 1 N–H and O–H groups in total. The molecule has 0 radical (unpaired) electrons. The minimum atomic E-state index is -4.04. The summed E-state index contributed by atoms with van der Waals surface area (Å²) in [6.45, 7) is 0.613. The summed E-state index contributed by atoms with van der Waals surface area (Å²) in [4.78, 5) is 32.9. The van der Waals surface area contributed by atoms with E-state index in [1.807, 2.05) is 0 Å². The largest absolute Gasteiger partial charge is 0.495 e. The number of methoxy groups -OCH3 is 1. The molecule has 206 valence electrons. The second-order valence-corrected chi connectivity index (χ2v) is 10.7. The van der Waals surface area contributed by atoms with Crippen LogP contribution < -0.4 is 9.46 Å². The normalized spacial score (nSPS) is 13.8. The lowest BCUT2D eigenvalue weighted by Crippen LogP contribution is -2.50. The molecule has 40 heavy (non-hydrogen) atoms. The van der Waals surface area contributed by atoms with Gasteiger partial charge in [-0.15, -0.1) is 0 Å². The molecule has 0 unspecified atom stereocenters. The molecule has 9 nitrogen and oxygen atoms in total. The van der Waals surface area contributed by atoms with Crippen molar-refractivity contribution in [2.75, 3.05) is 38.0 Å². The molecule has 1 aromatic heterocycles. The van der Waals surface area contributed by atoms with E-state index >= 15 is 0 Å². The molecule has 12 heteroatoms. The molecule has 1 fully saturated rings. The lowest BCUT2D eigenvalue weighted by molar-refractivity contribution is 0.0532. The quantitative estimate of drug-likeness (QED) is 0.379. The van der Waals surface area contributed by atoms with E-state index in [-0.39, 0.29) is 59.5 Å². The van der Waals surface area contributed by atoms with E-state index in [0.717, 1.165) is 6.07 Å². The first-order valence-electron chi connectivity index (χ1n) is 12.3. The number of ether oxygens (including phenoxy) is 1. The highest BCUT2D eigenvalue weighted by molar-refractivity contribution is 7.93. The molecule has 0 spiro atoms. The number of para-hydroxylation sites is 1. The van der Waals surface area contributed by atoms with Gasteiger partial charge in [0.15, 0.2) is 11.6 Å². The number of halogens is 2. The van der Waals surface area contributed by atoms with Crippen molar-refractivity contribution in [2.24, 2.45) is 0 Å². The summed E-state index contributed by atoms with van der Waals surface area (Å²) in [5.74, 6) is -3.17. The van der Waals surface area contributed by atoms with E-state index < -0.39 is 27.6 Å². The van der Waals surface area contributed by atoms with Crippen molar-refractivity contribution in [1.82, 2.24) is 14.8 Å². The zero-order chi connectivity index (χ0) is 28.4. The molecule has 1 aliphatic heterocycles. The fourth-order valence-corrected chi connectivity index (χ4v) is 5.79. The number of pyridine rings is 1. The van der Waals surface area contributed by atoms with E-state index in [1.165, 1.54) is 59.5 Å². The number of nitrogens with zero attached hydrogens (tertiary/aromatic N) is 3. The Morgan fingerprint density at radius 1 is 0.900 bits per heavy atom. The molecule has 4 aromatic rings. The van der Waals surface area contributed by atoms with Gasteiger partial charge in [-0.05, 0) is 42.5 Å². The number of nitrogens with one attached hydrogen (secondary N) is 1. The van der Waals surface area contributed by atoms with Gasteiger partial charge in [0.05, 0.1) is 23.9 Å². The molecule has 0 atom stereocenters. The van der Waals surface area contributed by atoms with Crippen LogP contribution in [0.25, 0.3) is 10.9 Å². The summed E-state index contributed by atoms with van der Waals surface area (Å²) in [5, 5.41) is 0.668. The number of fused-ring (bicyclic) bond motifs is 1. The van der Waals surface area contributed by atoms with Crippen LogP contribution in [0.5, 0.6) is 5.75 Å². The predicted molar refractivity (Wildman–Crippen MR) is 144 cm³/mol. The van der Waals surface area contributed by atoms with Crippen LogP contribution in [0.2, 0.25) is 0 Å². The first-order chi connectivity index (χ1) is 19.2. The number of rotatable bonds is 6. The lowest BCUT2D eigenvalue weighted by Gasteiger charge is -2.35. The summed E-state index contributed by atoms with van der Waals surface area (Å²) < 4.78 is 61.9. The molecule has 2 amide bonds. The number of aromatic nitrogens is 1. The maximum atomic E-state index is 14.1. The fourth-order valence-electron chi connectivity index (χ4n) is 4.54. The molecule has 2 heterocycles. The Bertz CT molecular complexity index is 1720. The zero-order valence-corrected chi connectivity index (χ0v) is 22.1. The fraction of sp³-hybridized carbons (Fsp3) is 0.179. The molecule has 3 aromatic carbocycles. The highest BCUT2D eigenvalue weighted by atomic mass is 32.2. The SMILES string of the molecule is COc1cc(C(=O)N2CCN(C(=O)c3cccc(F)c3F)CC2)ccc1NS(=O)(=O)c1cccc2cccnc12. The van der Waals surface area contributed by atoms with Crippen molar-refractivity contribution >= 4 is 38.4 Å². The van der Waals surface area contributed by atoms with E-state index in [2.05, 4.69) is 9.71 Å². The minimum Gasteiger partial charge on any atom is -0.495 e. The van der Waals surface area contributed by atoms with E-state index in [1.54, 1.807) is 24.3 Å². The minimum absolute atomic E-state index is 0.00153. The van der Waals surface area contributed by atoms with Crippen molar-refractivity contribution in [3.05, 3.63) is 95.7 Å². The van der Waals surface area contributed by atoms with Gasteiger partial charge in [0.25, 0.3) is 21.8 Å². The number of carbonyl (C=O) groups is 2. The van der Waals surface area contributed by atoms with Crippen LogP contribution in [-0.2, 0) is 10.0 Å². The highest BCUT2D eigenvalue weighted by Crippen LogP contribution is 2.30. The van der Waals surface area contributed by atoms with Gasteiger partial charge in [-0.3, -0.25) is 19.3 Å². The van der Waals surface area contributed by atoms with Crippen LogP contribution in [0.3, 0.4) is 0 Å². The van der Waals surface area contributed by atoms with Crippen molar-refractivity contribution in [1.29, 1.82) is 0 Å². The first-order valence-corrected chi connectivity index (χ1v) is 13.7. The highest BCUT2D eigenvalue weighted by Gasteiger charge is 2.28. The monoisotopic (exact) mass is 566 g/mol. The molecular formula is C28H24F2N4O5S. The Morgan fingerprint density at radius 3 is 2.30 bits per heavy atom. The summed E-state index contributed by atoms with van der Waals surface area (Å²) in [7, 11) is -2.69. The number of amides is 2. The Labute approximate surface area is 229 Å². The third-order valence-corrected chi connectivity index (χ3v) is 8.01. The van der Waals surface area contributed by atoms with Crippen LogP contribution in [0.15, 0.2) is 77.8 Å². The van der Waals surface area contributed by atoms with Gasteiger partial charge < -0.3 is 14.5 Å². The van der Waals surface area contributed by atoms with E-state index in [0.29, 0.717) is 10.9 Å². The average molecular weight is 567 g/mol. The van der Waals surface area contributed by atoms with Crippen molar-refractivity contribution < 1.29 is 31.5 Å². The molecule has 1 aliphatic rings. The summed E-state index contributed by atoms with van der Waals surface area (Å²) in [6.07, 6.45) is 1.51. The first kappa shape index (κ1) is 27.0. The lowest BCUT2D eigenvalue weighted by atomic mass is 10.1.